The van der Waals surface area contributed by atoms with Crippen LogP contribution in [0.4, 0.5) is 0 Å². The summed E-state index contributed by atoms with van der Waals surface area (Å²) in [6, 6.07) is 0. The monoisotopic (exact) mass is 250 g/mol. The maximum Gasteiger partial charge on any atom is 0.211 e. The van der Waals surface area contributed by atoms with E-state index in [1.54, 1.807) is 6.92 Å². The van der Waals surface area contributed by atoms with Gasteiger partial charge in [0.1, 0.15) is 0 Å². The molecule has 1 aliphatic heterocycles. The van der Waals surface area contributed by atoms with Crippen molar-refractivity contribution in [3.8, 4) is 0 Å². The zero-order valence-electron chi connectivity index (χ0n) is 9.87. The third-order valence-electron chi connectivity index (χ3n) is 2.78. The van der Waals surface area contributed by atoms with Crippen molar-refractivity contribution in [3.05, 3.63) is 0 Å². The standard InChI is InChI=1S/C10H22N2O3S/c1-2-16(13,14)12-6-5-11-9-10-3-7-15-8-4-10/h10-12H,2-9H2,1H3. The molecule has 0 unspecified atom stereocenters. The molecule has 1 fully saturated rings. The predicted octanol–water partition coefficient (Wildman–Crippen LogP) is -0.0581. The lowest BCUT2D eigenvalue weighted by Crippen LogP contribution is -2.35. The molecule has 1 heterocycles. The fraction of sp³-hybridized carbons (Fsp3) is 1.00. The van der Waals surface area contributed by atoms with Crippen molar-refractivity contribution in [1.29, 1.82) is 0 Å². The molecule has 0 saturated carbocycles. The van der Waals surface area contributed by atoms with E-state index in [0.717, 1.165) is 32.6 Å². The summed E-state index contributed by atoms with van der Waals surface area (Å²) in [4.78, 5) is 0. The van der Waals surface area contributed by atoms with E-state index < -0.39 is 10.0 Å². The highest BCUT2D eigenvalue weighted by molar-refractivity contribution is 7.89. The fourth-order valence-corrected chi connectivity index (χ4v) is 2.27. The summed E-state index contributed by atoms with van der Waals surface area (Å²) in [6.07, 6.45) is 2.21. The van der Waals surface area contributed by atoms with Crippen LogP contribution in [0, 0.1) is 5.92 Å². The van der Waals surface area contributed by atoms with Crippen LogP contribution >= 0.6 is 0 Å². The first kappa shape index (κ1) is 13.9. The fourth-order valence-electron chi connectivity index (χ4n) is 1.65. The minimum atomic E-state index is -3.03. The van der Waals surface area contributed by atoms with Crippen molar-refractivity contribution in [2.45, 2.75) is 19.8 Å². The average molecular weight is 250 g/mol. The number of sulfonamides is 1. The Morgan fingerprint density at radius 3 is 2.56 bits per heavy atom. The van der Waals surface area contributed by atoms with Gasteiger partial charge in [0, 0.05) is 26.3 Å². The molecule has 1 rings (SSSR count). The maximum absolute atomic E-state index is 11.1. The summed E-state index contributed by atoms with van der Waals surface area (Å²) in [6.45, 7) is 5.47. The number of hydrogen-bond donors (Lipinski definition) is 2. The average Bonchev–Trinajstić information content (AvgIpc) is 2.30. The highest BCUT2D eigenvalue weighted by Gasteiger charge is 2.12. The molecule has 0 aromatic rings. The second-order valence-electron chi connectivity index (χ2n) is 4.06. The summed E-state index contributed by atoms with van der Waals surface area (Å²) in [5, 5.41) is 3.27. The predicted molar refractivity (Wildman–Crippen MR) is 63.9 cm³/mol. The van der Waals surface area contributed by atoms with E-state index in [1.807, 2.05) is 0 Å². The molecule has 5 nitrogen and oxygen atoms in total. The Bertz CT molecular complexity index is 274. The minimum Gasteiger partial charge on any atom is -0.381 e. The van der Waals surface area contributed by atoms with Crippen LogP contribution in [0.2, 0.25) is 0 Å². The normalized spacial score (nSPS) is 18.8. The molecule has 6 heteroatoms. The number of hydrogen-bond acceptors (Lipinski definition) is 4. The van der Waals surface area contributed by atoms with Gasteiger partial charge in [-0.1, -0.05) is 0 Å². The molecule has 96 valence electrons. The molecule has 0 aromatic carbocycles. The van der Waals surface area contributed by atoms with Gasteiger partial charge in [0.05, 0.1) is 5.75 Å². The molecule has 0 atom stereocenters. The van der Waals surface area contributed by atoms with Gasteiger partial charge in [0.15, 0.2) is 0 Å². The van der Waals surface area contributed by atoms with Crippen molar-refractivity contribution in [2.75, 3.05) is 38.6 Å². The van der Waals surface area contributed by atoms with E-state index in [1.165, 1.54) is 0 Å². The van der Waals surface area contributed by atoms with Crippen LogP contribution in [-0.4, -0.2) is 47.0 Å². The summed E-state index contributed by atoms with van der Waals surface area (Å²) in [5.74, 6) is 0.823. The zero-order chi connectivity index (χ0) is 11.9. The van der Waals surface area contributed by atoms with E-state index in [9.17, 15) is 8.42 Å². The first-order valence-corrected chi connectivity index (χ1v) is 7.55. The lowest BCUT2D eigenvalue weighted by Gasteiger charge is -2.22. The van der Waals surface area contributed by atoms with Crippen LogP contribution in [0.5, 0.6) is 0 Å². The SMILES string of the molecule is CCS(=O)(=O)NCCNCC1CCOCC1. The molecule has 0 amide bonds. The summed E-state index contributed by atoms with van der Waals surface area (Å²) < 4.78 is 30.0. The third-order valence-corrected chi connectivity index (χ3v) is 4.18. The topological polar surface area (TPSA) is 67.4 Å². The second-order valence-corrected chi connectivity index (χ2v) is 6.15. The molecular formula is C10H22N2O3S. The Morgan fingerprint density at radius 2 is 1.94 bits per heavy atom. The van der Waals surface area contributed by atoms with E-state index in [-0.39, 0.29) is 5.75 Å². The van der Waals surface area contributed by atoms with Gasteiger partial charge in [-0.15, -0.1) is 0 Å². The molecular weight excluding hydrogens is 228 g/mol. The van der Waals surface area contributed by atoms with Crippen molar-refractivity contribution < 1.29 is 13.2 Å². The third kappa shape index (κ3) is 5.79. The second kappa shape index (κ2) is 7.21. The Morgan fingerprint density at radius 1 is 1.25 bits per heavy atom. The van der Waals surface area contributed by atoms with Crippen molar-refractivity contribution >= 4 is 10.0 Å². The van der Waals surface area contributed by atoms with Crippen LogP contribution < -0.4 is 10.0 Å². The maximum atomic E-state index is 11.1. The van der Waals surface area contributed by atoms with Gasteiger partial charge in [-0.2, -0.15) is 0 Å². The number of ether oxygens (including phenoxy) is 1. The van der Waals surface area contributed by atoms with Gasteiger partial charge >= 0.3 is 0 Å². The first-order valence-electron chi connectivity index (χ1n) is 5.90. The highest BCUT2D eigenvalue weighted by atomic mass is 32.2. The van der Waals surface area contributed by atoms with Crippen molar-refractivity contribution in [3.63, 3.8) is 0 Å². The van der Waals surface area contributed by atoms with Crippen LogP contribution in [0.25, 0.3) is 0 Å². The molecule has 0 bridgehead atoms. The molecule has 0 spiro atoms. The zero-order valence-corrected chi connectivity index (χ0v) is 10.7. The summed E-state index contributed by atoms with van der Waals surface area (Å²) in [5.41, 5.74) is 0. The van der Waals surface area contributed by atoms with Gasteiger partial charge in [0.2, 0.25) is 10.0 Å². The van der Waals surface area contributed by atoms with Crippen molar-refractivity contribution in [2.24, 2.45) is 5.92 Å². The van der Waals surface area contributed by atoms with Gasteiger partial charge < -0.3 is 10.1 Å². The van der Waals surface area contributed by atoms with Gasteiger partial charge in [-0.3, -0.25) is 0 Å². The van der Waals surface area contributed by atoms with Crippen molar-refractivity contribution in [1.82, 2.24) is 10.0 Å². The molecule has 1 saturated heterocycles. The lowest BCUT2D eigenvalue weighted by molar-refractivity contribution is 0.0664. The largest absolute Gasteiger partial charge is 0.381 e. The Kier molecular flexibility index (Phi) is 6.26. The van der Waals surface area contributed by atoms with Crippen LogP contribution in [0.1, 0.15) is 19.8 Å². The van der Waals surface area contributed by atoms with E-state index in [4.69, 9.17) is 4.74 Å². The van der Waals surface area contributed by atoms with Gasteiger partial charge in [-0.25, -0.2) is 13.1 Å². The molecule has 0 radical (unpaired) electrons. The van der Waals surface area contributed by atoms with Crippen LogP contribution in [-0.2, 0) is 14.8 Å². The van der Waals surface area contributed by atoms with Gasteiger partial charge in [-0.05, 0) is 32.2 Å². The molecule has 16 heavy (non-hydrogen) atoms. The Hall–Kier alpha value is -0.170. The lowest BCUT2D eigenvalue weighted by atomic mass is 10.0. The molecule has 1 aliphatic rings. The van der Waals surface area contributed by atoms with Crippen LogP contribution in [0.15, 0.2) is 0 Å². The molecule has 0 aromatic heterocycles. The first-order chi connectivity index (χ1) is 7.64. The number of rotatable bonds is 7. The summed E-state index contributed by atoms with van der Waals surface area (Å²) >= 11 is 0. The Balaban J connectivity index is 1.99. The molecule has 2 N–H and O–H groups in total. The highest BCUT2D eigenvalue weighted by Crippen LogP contribution is 2.12. The van der Waals surface area contributed by atoms with Gasteiger partial charge in [0.25, 0.3) is 0 Å². The van der Waals surface area contributed by atoms with E-state index in [2.05, 4.69) is 10.0 Å². The van der Waals surface area contributed by atoms with E-state index >= 15 is 0 Å². The Labute approximate surface area is 98.0 Å². The smallest absolute Gasteiger partial charge is 0.211 e. The molecule has 0 aliphatic carbocycles. The quantitative estimate of drug-likeness (QED) is 0.621. The van der Waals surface area contributed by atoms with Crippen LogP contribution in [0.3, 0.4) is 0 Å². The number of nitrogens with one attached hydrogen (secondary N) is 2. The minimum absolute atomic E-state index is 0.146. The van der Waals surface area contributed by atoms with E-state index in [0.29, 0.717) is 19.0 Å². The summed E-state index contributed by atoms with van der Waals surface area (Å²) in [7, 11) is -3.03.